The van der Waals surface area contributed by atoms with Crippen LogP contribution in [0.25, 0.3) is 0 Å². The van der Waals surface area contributed by atoms with Crippen LogP contribution >= 0.6 is 0 Å². The van der Waals surface area contributed by atoms with Gasteiger partial charge in [0.1, 0.15) is 5.75 Å². The van der Waals surface area contributed by atoms with Gasteiger partial charge in [-0.2, -0.15) is 0 Å². The third-order valence-electron chi connectivity index (χ3n) is 5.55. The highest BCUT2D eigenvalue weighted by atomic mass is 16.5. The van der Waals surface area contributed by atoms with E-state index in [4.69, 9.17) is 4.74 Å². The van der Waals surface area contributed by atoms with Crippen molar-refractivity contribution in [2.45, 2.75) is 123 Å². The summed E-state index contributed by atoms with van der Waals surface area (Å²) in [7, 11) is 0. The van der Waals surface area contributed by atoms with Gasteiger partial charge < -0.3 is 4.74 Å². The molecule has 1 heteroatoms. The summed E-state index contributed by atoms with van der Waals surface area (Å²) in [6.07, 6.45) is 24.2. The largest absolute Gasteiger partial charge is 0.494 e. The monoisotopic (exact) mass is 374 g/mol. The van der Waals surface area contributed by atoms with Gasteiger partial charge in [-0.1, -0.05) is 115 Å². The Hall–Kier alpha value is -0.980. The Kier molecular flexibility index (Phi) is 16.4. The summed E-state index contributed by atoms with van der Waals surface area (Å²) >= 11 is 0. The highest BCUT2D eigenvalue weighted by Gasteiger charge is 1.97. The van der Waals surface area contributed by atoms with E-state index in [0.29, 0.717) is 0 Å². The van der Waals surface area contributed by atoms with Gasteiger partial charge in [0.25, 0.3) is 0 Å². The first kappa shape index (κ1) is 24.1. The van der Waals surface area contributed by atoms with Crippen LogP contribution in [0.2, 0.25) is 0 Å². The first-order valence-electron chi connectivity index (χ1n) is 12.1. The molecule has 0 saturated carbocycles. The zero-order chi connectivity index (χ0) is 19.4. The summed E-state index contributed by atoms with van der Waals surface area (Å²) in [5.74, 6) is 0.994. The van der Waals surface area contributed by atoms with Crippen molar-refractivity contribution in [1.82, 2.24) is 0 Å². The maximum absolute atomic E-state index is 5.50. The van der Waals surface area contributed by atoms with Crippen molar-refractivity contribution >= 4 is 0 Å². The molecule has 1 aromatic carbocycles. The van der Waals surface area contributed by atoms with E-state index in [1.54, 1.807) is 0 Å². The average molecular weight is 375 g/mol. The molecule has 27 heavy (non-hydrogen) atoms. The molecule has 0 spiro atoms. The Bertz CT molecular complexity index is 409. The Balaban J connectivity index is 1.79. The molecule has 1 rings (SSSR count). The zero-order valence-electron chi connectivity index (χ0n) is 18.4. The van der Waals surface area contributed by atoms with Gasteiger partial charge in [-0.25, -0.2) is 0 Å². The Labute approximate surface area is 170 Å². The Morgan fingerprint density at radius 3 is 1.33 bits per heavy atom. The van der Waals surface area contributed by atoms with Gasteiger partial charge >= 0.3 is 0 Å². The second kappa shape index (κ2) is 18.4. The molecule has 0 N–H and O–H groups in total. The molecule has 0 aromatic heterocycles. The maximum atomic E-state index is 5.50. The van der Waals surface area contributed by atoms with Crippen molar-refractivity contribution in [3.63, 3.8) is 0 Å². The standard InChI is InChI=1S/C26H46O/c1-3-5-6-7-8-9-10-11-12-13-14-15-16-17-18-19-20-25-21-23-26(24-22-25)27-4-2/h21-24H,3-20H2,1-2H3. The molecule has 156 valence electrons. The van der Waals surface area contributed by atoms with E-state index >= 15 is 0 Å². The smallest absolute Gasteiger partial charge is 0.119 e. The van der Waals surface area contributed by atoms with Crippen LogP contribution < -0.4 is 4.74 Å². The van der Waals surface area contributed by atoms with Gasteiger partial charge in [0.2, 0.25) is 0 Å². The van der Waals surface area contributed by atoms with Crippen LogP contribution in [0.5, 0.6) is 5.75 Å². The van der Waals surface area contributed by atoms with Crippen molar-refractivity contribution in [2.75, 3.05) is 6.61 Å². The molecule has 0 aliphatic carbocycles. The molecule has 0 aliphatic heterocycles. The molecular formula is C26H46O. The second-order valence-electron chi connectivity index (χ2n) is 8.13. The lowest BCUT2D eigenvalue weighted by Crippen LogP contribution is -1.92. The van der Waals surface area contributed by atoms with Crippen LogP contribution in [-0.2, 0) is 6.42 Å². The fraction of sp³-hybridized carbons (Fsp3) is 0.769. The van der Waals surface area contributed by atoms with Crippen molar-refractivity contribution in [1.29, 1.82) is 0 Å². The second-order valence-corrected chi connectivity index (χ2v) is 8.13. The molecule has 0 saturated heterocycles. The number of rotatable bonds is 19. The van der Waals surface area contributed by atoms with Gasteiger partial charge in [-0.3, -0.25) is 0 Å². The summed E-state index contributed by atoms with van der Waals surface area (Å²) < 4.78 is 5.50. The van der Waals surface area contributed by atoms with Crippen LogP contribution in [0, 0.1) is 0 Å². The van der Waals surface area contributed by atoms with Gasteiger partial charge in [-0.15, -0.1) is 0 Å². The minimum absolute atomic E-state index is 0.748. The minimum atomic E-state index is 0.748. The van der Waals surface area contributed by atoms with E-state index in [0.717, 1.165) is 12.4 Å². The van der Waals surface area contributed by atoms with Crippen molar-refractivity contribution in [2.24, 2.45) is 0 Å². The highest BCUT2D eigenvalue weighted by molar-refractivity contribution is 5.27. The van der Waals surface area contributed by atoms with E-state index in [-0.39, 0.29) is 0 Å². The molecule has 0 aliphatic rings. The summed E-state index contributed by atoms with van der Waals surface area (Å²) in [6, 6.07) is 8.64. The lowest BCUT2D eigenvalue weighted by Gasteiger charge is -2.05. The quantitative estimate of drug-likeness (QED) is 0.220. The van der Waals surface area contributed by atoms with E-state index < -0.39 is 0 Å². The highest BCUT2D eigenvalue weighted by Crippen LogP contribution is 2.16. The lowest BCUT2D eigenvalue weighted by atomic mass is 10.0. The Morgan fingerprint density at radius 1 is 0.519 bits per heavy atom. The number of unbranched alkanes of at least 4 members (excludes halogenated alkanes) is 15. The SMILES string of the molecule is CCCCCCCCCCCCCCCCCCc1ccc(OCC)cc1. The molecular weight excluding hydrogens is 328 g/mol. The molecule has 0 amide bonds. The minimum Gasteiger partial charge on any atom is -0.494 e. The Morgan fingerprint density at radius 2 is 0.926 bits per heavy atom. The topological polar surface area (TPSA) is 9.23 Å². The zero-order valence-corrected chi connectivity index (χ0v) is 18.4. The van der Waals surface area contributed by atoms with Crippen LogP contribution in [0.15, 0.2) is 24.3 Å². The van der Waals surface area contributed by atoms with Crippen LogP contribution in [0.1, 0.15) is 122 Å². The van der Waals surface area contributed by atoms with Gasteiger partial charge in [-0.05, 0) is 37.5 Å². The lowest BCUT2D eigenvalue weighted by molar-refractivity contribution is 0.340. The molecule has 0 heterocycles. The molecule has 0 unspecified atom stereocenters. The number of ether oxygens (including phenoxy) is 1. The van der Waals surface area contributed by atoms with Crippen LogP contribution in [-0.4, -0.2) is 6.61 Å². The fourth-order valence-electron chi connectivity index (χ4n) is 3.80. The van der Waals surface area contributed by atoms with Gasteiger partial charge in [0.15, 0.2) is 0 Å². The molecule has 1 aromatic rings. The maximum Gasteiger partial charge on any atom is 0.119 e. The first-order valence-corrected chi connectivity index (χ1v) is 12.1. The normalized spacial score (nSPS) is 11.0. The summed E-state index contributed by atoms with van der Waals surface area (Å²) in [4.78, 5) is 0. The molecule has 0 radical (unpaired) electrons. The van der Waals surface area contributed by atoms with Crippen LogP contribution in [0.3, 0.4) is 0 Å². The fourth-order valence-corrected chi connectivity index (χ4v) is 3.80. The number of benzene rings is 1. The van der Waals surface area contributed by atoms with E-state index in [1.807, 2.05) is 6.92 Å². The number of aryl methyl sites for hydroxylation is 1. The molecule has 0 atom stereocenters. The first-order chi connectivity index (χ1) is 13.4. The van der Waals surface area contributed by atoms with Gasteiger partial charge in [0.05, 0.1) is 6.61 Å². The van der Waals surface area contributed by atoms with Crippen molar-refractivity contribution in [3.05, 3.63) is 29.8 Å². The van der Waals surface area contributed by atoms with E-state index in [1.165, 1.54) is 115 Å². The predicted octanol–water partition coefficient (Wildman–Crippen LogP) is 8.89. The summed E-state index contributed by atoms with van der Waals surface area (Å²) in [5.41, 5.74) is 1.45. The average Bonchev–Trinajstić information content (AvgIpc) is 2.69. The van der Waals surface area contributed by atoms with Crippen LogP contribution in [0.4, 0.5) is 0 Å². The van der Waals surface area contributed by atoms with E-state index in [2.05, 4.69) is 31.2 Å². The predicted molar refractivity (Wildman–Crippen MR) is 121 cm³/mol. The molecule has 0 fully saturated rings. The van der Waals surface area contributed by atoms with Crippen molar-refractivity contribution in [3.8, 4) is 5.75 Å². The number of hydrogen-bond acceptors (Lipinski definition) is 1. The third-order valence-corrected chi connectivity index (χ3v) is 5.55. The molecule has 0 bridgehead atoms. The number of hydrogen-bond donors (Lipinski definition) is 0. The molecule has 1 nitrogen and oxygen atoms in total. The van der Waals surface area contributed by atoms with Gasteiger partial charge in [0, 0.05) is 0 Å². The third kappa shape index (κ3) is 14.7. The summed E-state index contributed by atoms with van der Waals surface area (Å²) in [5, 5.41) is 0. The van der Waals surface area contributed by atoms with E-state index in [9.17, 15) is 0 Å². The van der Waals surface area contributed by atoms with Crippen molar-refractivity contribution < 1.29 is 4.74 Å². The summed E-state index contributed by atoms with van der Waals surface area (Å²) in [6.45, 7) is 5.08.